The van der Waals surface area contributed by atoms with Gasteiger partial charge in [0.05, 0.1) is 5.56 Å². The van der Waals surface area contributed by atoms with E-state index in [1.54, 1.807) is 12.1 Å². The van der Waals surface area contributed by atoms with Gasteiger partial charge in [0.25, 0.3) is 0 Å². The molecule has 0 fully saturated rings. The number of carbonyl (C=O) groups is 1. The lowest BCUT2D eigenvalue weighted by atomic mass is 9.94. The Hall–Kier alpha value is -2.09. The fourth-order valence-electron chi connectivity index (χ4n) is 2.21. The van der Waals surface area contributed by atoms with Crippen molar-refractivity contribution in [2.45, 2.75) is 26.7 Å². The van der Waals surface area contributed by atoms with Crippen molar-refractivity contribution in [2.75, 3.05) is 0 Å². The lowest BCUT2D eigenvalue weighted by Gasteiger charge is -2.10. The van der Waals surface area contributed by atoms with Gasteiger partial charge < -0.3 is 5.11 Å². The molecule has 0 atom stereocenters. The van der Waals surface area contributed by atoms with Gasteiger partial charge in [-0.3, -0.25) is 0 Å². The van der Waals surface area contributed by atoms with Crippen LogP contribution in [0.3, 0.4) is 0 Å². The number of benzene rings is 2. The molecule has 0 amide bonds. The summed E-state index contributed by atoms with van der Waals surface area (Å²) >= 11 is 0. The van der Waals surface area contributed by atoms with Gasteiger partial charge in [-0.15, -0.1) is 0 Å². The average Bonchev–Trinajstić information content (AvgIpc) is 2.46. The van der Waals surface area contributed by atoms with Crippen LogP contribution in [0.15, 0.2) is 42.5 Å². The van der Waals surface area contributed by atoms with Crippen LogP contribution in [0.1, 0.15) is 35.3 Å². The molecule has 2 rings (SSSR count). The monoisotopic (exact) mass is 254 g/mol. The molecule has 98 valence electrons. The van der Waals surface area contributed by atoms with Crippen LogP contribution in [0.5, 0.6) is 0 Å². The number of aryl methyl sites for hydroxylation is 2. The van der Waals surface area contributed by atoms with Gasteiger partial charge in [-0.25, -0.2) is 4.79 Å². The van der Waals surface area contributed by atoms with E-state index < -0.39 is 5.97 Å². The highest BCUT2D eigenvalue weighted by Crippen LogP contribution is 2.26. The van der Waals surface area contributed by atoms with Crippen LogP contribution in [0.25, 0.3) is 11.1 Å². The molecule has 0 saturated carbocycles. The minimum Gasteiger partial charge on any atom is -0.478 e. The normalized spacial score (nSPS) is 10.4. The first-order valence-electron chi connectivity index (χ1n) is 6.61. The van der Waals surface area contributed by atoms with Crippen LogP contribution in [0.4, 0.5) is 0 Å². The van der Waals surface area contributed by atoms with Crippen LogP contribution in [-0.2, 0) is 12.8 Å². The largest absolute Gasteiger partial charge is 0.478 e. The van der Waals surface area contributed by atoms with E-state index in [9.17, 15) is 4.79 Å². The summed E-state index contributed by atoms with van der Waals surface area (Å²) in [6, 6.07) is 13.6. The van der Waals surface area contributed by atoms with Crippen molar-refractivity contribution in [2.24, 2.45) is 0 Å². The maximum Gasteiger partial charge on any atom is 0.335 e. The van der Waals surface area contributed by atoms with E-state index in [1.807, 2.05) is 12.1 Å². The minimum absolute atomic E-state index is 0.327. The Labute approximate surface area is 113 Å². The van der Waals surface area contributed by atoms with Gasteiger partial charge in [-0.2, -0.15) is 0 Å². The third-order valence-corrected chi connectivity index (χ3v) is 3.41. The van der Waals surface area contributed by atoms with Crippen LogP contribution < -0.4 is 0 Å². The average molecular weight is 254 g/mol. The highest BCUT2D eigenvalue weighted by Gasteiger charge is 2.07. The van der Waals surface area contributed by atoms with Crippen LogP contribution in [-0.4, -0.2) is 11.1 Å². The summed E-state index contributed by atoms with van der Waals surface area (Å²) in [6.45, 7) is 4.27. The van der Waals surface area contributed by atoms with Crippen molar-refractivity contribution < 1.29 is 9.90 Å². The molecule has 0 spiro atoms. The molecule has 0 aliphatic heterocycles. The van der Waals surface area contributed by atoms with E-state index in [-0.39, 0.29) is 0 Å². The summed E-state index contributed by atoms with van der Waals surface area (Å²) in [5, 5.41) is 8.93. The highest BCUT2D eigenvalue weighted by molar-refractivity contribution is 5.88. The topological polar surface area (TPSA) is 37.3 Å². The van der Waals surface area contributed by atoms with Gasteiger partial charge in [-0.05, 0) is 47.2 Å². The third kappa shape index (κ3) is 2.84. The zero-order chi connectivity index (χ0) is 13.8. The molecule has 0 radical (unpaired) electrons. The van der Waals surface area contributed by atoms with Crippen molar-refractivity contribution in [3.8, 4) is 11.1 Å². The van der Waals surface area contributed by atoms with Gasteiger partial charge in [-0.1, -0.05) is 44.2 Å². The number of aromatic carboxylic acids is 1. The molecular weight excluding hydrogens is 236 g/mol. The molecule has 2 aromatic rings. The van der Waals surface area contributed by atoms with Crippen molar-refractivity contribution >= 4 is 5.97 Å². The highest BCUT2D eigenvalue weighted by atomic mass is 16.4. The smallest absolute Gasteiger partial charge is 0.335 e. The second-order valence-corrected chi connectivity index (χ2v) is 4.58. The minimum atomic E-state index is -0.885. The molecule has 0 heterocycles. The summed E-state index contributed by atoms with van der Waals surface area (Å²) in [6.07, 6.45) is 1.98. The van der Waals surface area contributed by atoms with Crippen molar-refractivity contribution in [3.05, 3.63) is 59.2 Å². The molecule has 2 heteroatoms. The van der Waals surface area contributed by atoms with Gasteiger partial charge >= 0.3 is 5.97 Å². The Morgan fingerprint density at radius 1 is 1.00 bits per heavy atom. The van der Waals surface area contributed by atoms with E-state index in [2.05, 4.69) is 32.0 Å². The molecule has 0 aromatic heterocycles. The van der Waals surface area contributed by atoms with E-state index in [4.69, 9.17) is 5.11 Å². The molecule has 1 N–H and O–H groups in total. The summed E-state index contributed by atoms with van der Waals surface area (Å²) in [5.74, 6) is -0.885. The van der Waals surface area contributed by atoms with E-state index in [1.165, 1.54) is 16.7 Å². The summed E-state index contributed by atoms with van der Waals surface area (Å²) in [5.41, 5.74) is 5.21. The molecule has 2 nitrogen and oxygen atoms in total. The number of hydrogen-bond donors (Lipinski definition) is 1. The van der Waals surface area contributed by atoms with Crippen LogP contribution >= 0.6 is 0 Å². The first kappa shape index (κ1) is 13.3. The van der Waals surface area contributed by atoms with Gasteiger partial charge in [0.15, 0.2) is 0 Å². The fourth-order valence-corrected chi connectivity index (χ4v) is 2.21. The molecule has 19 heavy (non-hydrogen) atoms. The molecule has 0 aliphatic rings. The maximum atomic E-state index is 10.9. The lowest BCUT2D eigenvalue weighted by molar-refractivity contribution is 0.0697. The Morgan fingerprint density at radius 2 is 1.68 bits per heavy atom. The van der Waals surface area contributed by atoms with Gasteiger partial charge in [0.2, 0.25) is 0 Å². The van der Waals surface area contributed by atoms with Gasteiger partial charge in [0.1, 0.15) is 0 Å². The molecule has 0 aliphatic carbocycles. The zero-order valence-corrected chi connectivity index (χ0v) is 11.3. The third-order valence-electron chi connectivity index (χ3n) is 3.41. The maximum absolute atomic E-state index is 10.9. The van der Waals surface area contributed by atoms with E-state index in [0.717, 1.165) is 18.4 Å². The second kappa shape index (κ2) is 5.70. The molecular formula is C17H18O2. The standard InChI is InChI=1S/C17H18O2/c1-3-12-5-6-13(4-2)16(11-12)14-7-9-15(10-8-14)17(18)19/h5-11H,3-4H2,1-2H3,(H,18,19). The zero-order valence-electron chi connectivity index (χ0n) is 11.3. The molecule has 0 bridgehead atoms. The summed E-state index contributed by atoms with van der Waals surface area (Å²) < 4.78 is 0. The molecule has 2 aromatic carbocycles. The van der Waals surface area contributed by atoms with Crippen LogP contribution in [0, 0.1) is 0 Å². The predicted molar refractivity (Wildman–Crippen MR) is 77.6 cm³/mol. The number of hydrogen-bond acceptors (Lipinski definition) is 1. The SMILES string of the molecule is CCc1ccc(CC)c(-c2ccc(C(=O)O)cc2)c1. The predicted octanol–water partition coefficient (Wildman–Crippen LogP) is 4.18. The first-order chi connectivity index (χ1) is 9.15. The van der Waals surface area contributed by atoms with E-state index in [0.29, 0.717) is 5.56 Å². The fraction of sp³-hybridized carbons (Fsp3) is 0.235. The Bertz CT molecular complexity index is 583. The lowest BCUT2D eigenvalue weighted by Crippen LogP contribution is -1.96. The Morgan fingerprint density at radius 3 is 2.21 bits per heavy atom. The number of carboxylic acid groups (broad SMARTS) is 1. The van der Waals surface area contributed by atoms with E-state index >= 15 is 0 Å². The second-order valence-electron chi connectivity index (χ2n) is 4.58. The Kier molecular flexibility index (Phi) is 4.00. The van der Waals surface area contributed by atoms with Crippen LogP contribution in [0.2, 0.25) is 0 Å². The number of carboxylic acids is 1. The van der Waals surface area contributed by atoms with Crippen molar-refractivity contribution in [3.63, 3.8) is 0 Å². The van der Waals surface area contributed by atoms with Crippen molar-refractivity contribution in [1.82, 2.24) is 0 Å². The Balaban J connectivity index is 2.47. The molecule has 0 saturated heterocycles. The van der Waals surface area contributed by atoms with Crippen molar-refractivity contribution in [1.29, 1.82) is 0 Å². The quantitative estimate of drug-likeness (QED) is 0.888. The number of rotatable bonds is 4. The summed E-state index contributed by atoms with van der Waals surface area (Å²) in [4.78, 5) is 10.9. The van der Waals surface area contributed by atoms with Gasteiger partial charge in [0, 0.05) is 0 Å². The molecule has 0 unspecified atom stereocenters. The summed E-state index contributed by atoms with van der Waals surface area (Å²) in [7, 11) is 0. The first-order valence-corrected chi connectivity index (χ1v) is 6.61.